The molecule has 78 valence electrons. The van der Waals surface area contributed by atoms with Crippen LogP contribution >= 0.6 is 15.9 Å². The van der Waals surface area contributed by atoms with Crippen LogP contribution in [0.4, 0.5) is 0 Å². The van der Waals surface area contributed by atoms with Crippen molar-refractivity contribution in [3.05, 3.63) is 33.8 Å². The second-order valence-corrected chi connectivity index (χ2v) is 4.83. The van der Waals surface area contributed by atoms with E-state index in [-0.39, 0.29) is 6.04 Å². The summed E-state index contributed by atoms with van der Waals surface area (Å²) in [7, 11) is 0. The van der Waals surface area contributed by atoms with Crippen molar-refractivity contribution in [2.24, 2.45) is 11.7 Å². The predicted molar refractivity (Wildman–Crippen MR) is 65.3 cm³/mol. The number of aryl methyl sites for hydroxylation is 1. The van der Waals surface area contributed by atoms with Gasteiger partial charge in [-0.25, -0.2) is 0 Å². The zero-order chi connectivity index (χ0) is 10.7. The lowest BCUT2D eigenvalue weighted by molar-refractivity contribution is 0.455. The lowest BCUT2D eigenvalue weighted by Gasteiger charge is -2.20. The molecule has 0 aliphatic carbocycles. The Hall–Kier alpha value is -0.340. The number of rotatable bonds is 3. The van der Waals surface area contributed by atoms with E-state index in [2.05, 4.69) is 54.9 Å². The summed E-state index contributed by atoms with van der Waals surface area (Å²) < 4.78 is 1.11. The first-order valence-electron chi connectivity index (χ1n) is 5.08. The van der Waals surface area contributed by atoms with Crippen LogP contribution in [0.2, 0.25) is 0 Å². The van der Waals surface area contributed by atoms with Crippen LogP contribution in [-0.4, -0.2) is 0 Å². The van der Waals surface area contributed by atoms with Crippen molar-refractivity contribution in [1.29, 1.82) is 0 Å². The molecule has 1 aromatic rings. The Labute approximate surface area is 94.8 Å². The topological polar surface area (TPSA) is 26.0 Å². The van der Waals surface area contributed by atoms with Crippen LogP contribution in [0.1, 0.15) is 37.4 Å². The molecule has 0 aromatic heterocycles. The van der Waals surface area contributed by atoms with E-state index < -0.39 is 0 Å². The predicted octanol–water partition coefficient (Wildman–Crippen LogP) is 3.80. The molecule has 0 saturated heterocycles. The average Bonchev–Trinajstić information content (AvgIpc) is 2.19. The molecule has 2 heteroatoms. The van der Waals surface area contributed by atoms with Gasteiger partial charge in [0.25, 0.3) is 0 Å². The van der Waals surface area contributed by atoms with Crippen molar-refractivity contribution < 1.29 is 0 Å². The van der Waals surface area contributed by atoms with Crippen LogP contribution in [0, 0.1) is 12.8 Å². The van der Waals surface area contributed by atoms with Gasteiger partial charge >= 0.3 is 0 Å². The highest BCUT2D eigenvalue weighted by molar-refractivity contribution is 9.10. The van der Waals surface area contributed by atoms with Gasteiger partial charge in [-0.15, -0.1) is 0 Å². The van der Waals surface area contributed by atoms with Crippen molar-refractivity contribution in [2.45, 2.75) is 33.2 Å². The molecule has 0 amide bonds. The summed E-state index contributed by atoms with van der Waals surface area (Å²) in [5, 5.41) is 0. The largest absolute Gasteiger partial charge is 0.324 e. The van der Waals surface area contributed by atoms with Crippen LogP contribution in [0.3, 0.4) is 0 Å². The molecule has 1 unspecified atom stereocenters. The third kappa shape index (κ3) is 2.58. The van der Waals surface area contributed by atoms with Crippen LogP contribution in [0.15, 0.2) is 22.7 Å². The van der Waals surface area contributed by atoms with Gasteiger partial charge in [0.15, 0.2) is 0 Å². The minimum Gasteiger partial charge on any atom is -0.324 e. The Morgan fingerprint density at radius 2 is 2.07 bits per heavy atom. The molecular weight excluding hydrogens is 238 g/mol. The molecule has 0 heterocycles. The van der Waals surface area contributed by atoms with Gasteiger partial charge < -0.3 is 5.73 Å². The molecule has 2 N–H and O–H groups in total. The molecular formula is C12H18BrN. The maximum absolute atomic E-state index is 6.20. The lowest BCUT2D eigenvalue weighted by atomic mass is 9.91. The summed E-state index contributed by atoms with van der Waals surface area (Å²) in [5.74, 6) is 0.531. The van der Waals surface area contributed by atoms with E-state index >= 15 is 0 Å². The minimum absolute atomic E-state index is 0.150. The van der Waals surface area contributed by atoms with Gasteiger partial charge in [0.1, 0.15) is 0 Å². The minimum atomic E-state index is 0.150. The van der Waals surface area contributed by atoms with Gasteiger partial charge in [-0.3, -0.25) is 0 Å². The first-order chi connectivity index (χ1) is 6.56. The van der Waals surface area contributed by atoms with E-state index in [1.165, 1.54) is 11.1 Å². The maximum Gasteiger partial charge on any atom is 0.0323 e. The van der Waals surface area contributed by atoms with Gasteiger partial charge in [-0.05, 0) is 36.1 Å². The SMILES string of the molecule is CCC(C)[C@H](N)c1cc(Br)ccc1C. The maximum atomic E-state index is 6.20. The quantitative estimate of drug-likeness (QED) is 0.874. The molecule has 0 fully saturated rings. The molecule has 0 spiro atoms. The number of benzene rings is 1. The molecule has 0 aliphatic heterocycles. The van der Waals surface area contributed by atoms with Crippen molar-refractivity contribution in [3.8, 4) is 0 Å². The van der Waals surface area contributed by atoms with E-state index in [4.69, 9.17) is 5.73 Å². The molecule has 1 nitrogen and oxygen atoms in total. The van der Waals surface area contributed by atoms with Crippen molar-refractivity contribution >= 4 is 15.9 Å². The van der Waals surface area contributed by atoms with Gasteiger partial charge in [-0.1, -0.05) is 42.3 Å². The first kappa shape index (κ1) is 11.7. The smallest absolute Gasteiger partial charge is 0.0323 e. The molecule has 1 aromatic carbocycles. The van der Waals surface area contributed by atoms with E-state index in [1.807, 2.05) is 0 Å². The molecule has 1 rings (SSSR count). The lowest BCUT2D eigenvalue weighted by Crippen LogP contribution is -2.19. The van der Waals surface area contributed by atoms with Gasteiger partial charge in [0, 0.05) is 10.5 Å². The van der Waals surface area contributed by atoms with Crippen molar-refractivity contribution in [2.75, 3.05) is 0 Å². The number of nitrogens with two attached hydrogens (primary N) is 1. The third-order valence-corrected chi connectivity index (χ3v) is 3.35. The van der Waals surface area contributed by atoms with Crippen molar-refractivity contribution in [1.82, 2.24) is 0 Å². The van der Waals surface area contributed by atoms with Crippen LogP contribution in [-0.2, 0) is 0 Å². The molecule has 0 bridgehead atoms. The van der Waals surface area contributed by atoms with Crippen LogP contribution < -0.4 is 5.73 Å². The van der Waals surface area contributed by atoms with E-state index in [9.17, 15) is 0 Å². The third-order valence-electron chi connectivity index (χ3n) is 2.86. The molecule has 0 aliphatic rings. The highest BCUT2D eigenvalue weighted by Crippen LogP contribution is 2.26. The standard InChI is InChI=1S/C12H18BrN/c1-4-8(2)12(14)11-7-10(13)6-5-9(11)3/h5-8,12H,4,14H2,1-3H3/t8?,12-/m0/s1. The summed E-state index contributed by atoms with van der Waals surface area (Å²) in [6.45, 7) is 6.49. The van der Waals surface area contributed by atoms with Crippen LogP contribution in [0.25, 0.3) is 0 Å². The van der Waals surface area contributed by atoms with E-state index in [0.717, 1.165) is 10.9 Å². The van der Waals surface area contributed by atoms with Crippen LogP contribution in [0.5, 0.6) is 0 Å². The second-order valence-electron chi connectivity index (χ2n) is 3.91. The zero-order valence-electron chi connectivity index (χ0n) is 9.05. The first-order valence-corrected chi connectivity index (χ1v) is 5.87. The zero-order valence-corrected chi connectivity index (χ0v) is 10.6. The van der Waals surface area contributed by atoms with Gasteiger partial charge in [-0.2, -0.15) is 0 Å². The average molecular weight is 256 g/mol. The van der Waals surface area contributed by atoms with Gasteiger partial charge in [0.05, 0.1) is 0 Å². The number of hydrogen-bond acceptors (Lipinski definition) is 1. The summed E-state index contributed by atoms with van der Waals surface area (Å²) in [6, 6.07) is 6.45. The Morgan fingerprint density at radius 3 is 2.64 bits per heavy atom. The summed E-state index contributed by atoms with van der Waals surface area (Å²) >= 11 is 3.48. The molecule has 0 saturated carbocycles. The normalized spacial score (nSPS) is 15.2. The second kappa shape index (κ2) is 4.94. The van der Waals surface area contributed by atoms with Crippen molar-refractivity contribution in [3.63, 3.8) is 0 Å². The van der Waals surface area contributed by atoms with E-state index in [0.29, 0.717) is 5.92 Å². The fourth-order valence-electron chi connectivity index (χ4n) is 1.53. The summed E-state index contributed by atoms with van der Waals surface area (Å²) in [4.78, 5) is 0. The Bertz CT molecular complexity index is 309. The van der Waals surface area contributed by atoms with Gasteiger partial charge in [0.2, 0.25) is 0 Å². The van der Waals surface area contributed by atoms with E-state index in [1.54, 1.807) is 0 Å². The summed E-state index contributed by atoms with van der Waals surface area (Å²) in [6.07, 6.45) is 1.12. The Kier molecular flexibility index (Phi) is 4.14. The molecule has 2 atom stereocenters. The Morgan fingerprint density at radius 1 is 1.43 bits per heavy atom. The monoisotopic (exact) mass is 255 g/mol. The highest BCUT2D eigenvalue weighted by Gasteiger charge is 2.15. The summed E-state index contributed by atoms with van der Waals surface area (Å²) in [5.41, 5.74) is 8.73. The number of hydrogen-bond donors (Lipinski definition) is 1. The number of halogens is 1. The molecule has 0 radical (unpaired) electrons. The Balaban J connectivity index is 2.99. The highest BCUT2D eigenvalue weighted by atomic mass is 79.9. The fourth-order valence-corrected chi connectivity index (χ4v) is 1.91. The molecule has 14 heavy (non-hydrogen) atoms. The fraction of sp³-hybridized carbons (Fsp3) is 0.500.